The molecular weight excluding hydrogens is 302 g/mol. The number of carbonyl (C=O) groups excluding carboxylic acids is 1. The zero-order chi connectivity index (χ0) is 17.1. The molecule has 0 spiro atoms. The van der Waals surface area contributed by atoms with Crippen LogP contribution < -0.4 is 4.74 Å². The highest BCUT2D eigenvalue weighted by Gasteiger charge is 2.26. The number of fused-ring (bicyclic) bond motifs is 1. The van der Waals surface area contributed by atoms with Gasteiger partial charge in [-0.2, -0.15) is 0 Å². The van der Waals surface area contributed by atoms with E-state index in [0.717, 1.165) is 41.5 Å². The first kappa shape index (κ1) is 16.8. The average Bonchev–Trinajstić information content (AvgIpc) is 2.61. The maximum Gasteiger partial charge on any atom is 0.227 e. The predicted molar refractivity (Wildman–Crippen MR) is 95.2 cm³/mol. The van der Waals surface area contributed by atoms with Crippen molar-refractivity contribution in [3.05, 3.63) is 42.0 Å². The Morgan fingerprint density at radius 2 is 2.21 bits per heavy atom. The summed E-state index contributed by atoms with van der Waals surface area (Å²) in [6.07, 6.45) is 1.98. The second kappa shape index (κ2) is 7.22. The molecule has 1 N–H and O–H groups in total. The molecule has 1 aliphatic rings. The standard InChI is InChI=1S/C20H25NO3/c1-14(22)17-7-4-10-21(13-17)20(23)11-16-6-3-5-15-8-9-18(24-2)12-19(15)16/h3,5-6,8-9,12,14,17,22H,4,7,10-11,13H2,1-2H3. The molecule has 2 aromatic rings. The van der Waals surface area contributed by atoms with Crippen LogP contribution in [0.3, 0.4) is 0 Å². The Kier molecular flexibility index (Phi) is 5.05. The largest absolute Gasteiger partial charge is 0.497 e. The van der Waals surface area contributed by atoms with E-state index in [1.165, 1.54) is 0 Å². The minimum absolute atomic E-state index is 0.135. The minimum Gasteiger partial charge on any atom is -0.497 e. The Morgan fingerprint density at radius 3 is 2.96 bits per heavy atom. The number of nitrogens with zero attached hydrogens (tertiary/aromatic N) is 1. The SMILES string of the molecule is COc1ccc2cccc(CC(=O)N3CCCC(C(C)O)C3)c2c1. The van der Waals surface area contributed by atoms with Gasteiger partial charge in [0.05, 0.1) is 19.6 Å². The van der Waals surface area contributed by atoms with Gasteiger partial charge >= 0.3 is 0 Å². The van der Waals surface area contributed by atoms with E-state index >= 15 is 0 Å². The lowest BCUT2D eigenvalue weighted by molar-refractivity contribution is -0.133. The van der Waals surface area contributed by atoms with E-state index in [-0.39, 0.29) is 17.9 Å². The summed E-state index contributed by atoms with van der Waals surface area (Å²) in [6, 6.07) is 12.0. The van der Waals surface area contributed by atoms with Gasteiger partial charge in [-0.1, -0.05) is 24.3 Å². The molecule has 3 rings (SSSR count). The van der Waals surface area contributed by atoms with Crippen molar-refractivity contribution in [2.24, 2.45) is 5.92 Å². The van der Waals surface area contributed by atoms with Gasteiger partial charge in [-0.05, 0) is 48.2 Å². The first-order chi connectivity index (χ1) is 11.6. The Labute approximate surface area is 143 Å². The van der Waals surface area contributed by atoms with Crippen molar-refractivity contribution in [1.82, 2.24) is 4.90 Å². The van der Waals surface area contributed by atoms with Crippen molar-refractivity contribution in [1.29, 1.82) is 0 Å². The molecule has 128 valence electrons. The normalized spacial score (nSPS) is 19.3. The Morgan fingerprint density at radius 1 is 1.38 bits per heavy atom. The van der Waals surface area contributed by atoms with Gasteiger partial charge in [0.15, 0.2) is 0 Å². The van der Waals surface area contributed by atoms with Gasteiger partial charge in [0.25, 0.3) is 0 Å². The lowest BCUT2D eigenvalue weighted by Crippen LogP contribution is -2.43. The third kappa shape index (κ3) is 3.54. The van der Waals surface area contributed by atoms with Gasteiger partial charge in [0.2, 0.25) is 5.91 Å². The molecule has 1 fully saturated rings. The molecule has 4 nitrogen and oxygen atoms in total. The van der Waals surface area contributed by atoms with E-state index in [1.807, 2.05) is 48.2 Å². The zero-order valence-corrected chi connectivity index (χ0v) is 14.4. The fourth-order valence-corrected chi connectivity index (χ4v) is 3.50. The summed E-state index contributed by atoms with van der Waals surface area (Å²) in [5.41, 5.74) is 1.02. The quantitative estimate of drug-likeness (QED) is 0.939. The van der Waals surface area contributed by atoms with Crippen LogP contribution in [0, 0.1) is 5.92 Å². The summed E-state index contributed by atoms with van der Waals surface area (Å²) in [5.74, 6) is 1.13. The van der Waals surface area contributed by atoms with Gasteiger partial charge in [-0.3, -0.25) is 4.79 Å². The second-order valence-corrected chi connectivity index (χ2v) is 6.66. The van der Waals surface area contributed by atoms with Crippen LogP contribution in [0.15, 0.2) is 36.4 Å². The van der Waals surface area contributed by atoms with Gasteiger partial charge in [-0.15, -0.1) is 0 Å². The summed E-state index contributed by atoms with van der Waals surface area (Å²) >= 11 is 0. The minimum atomic E-state index is -0.359. The molecule has 1 heterocycles. The molecule has 2 unspecified atom stereocenters. The van der Waals surface area contributed by atoms with Crippen molar-refractivity contribution in [2.45, 2.75) is 32.3 Å². The highest BCUT2D eigenvalue weighted by Crippen LogP contribution is 2.26. The number of likely N-dealkylation sites (tertiary alicyclic amines) is 1. The molecule has 1 aliphatic heterocycles. The first-order valence-electron chi connectivity index (χ1n) is 8.60. The molecule has 2 atom stereocenters. The summed E-state index contributed by atoms with van der Waals surface area (Å²) in [4.78, 5) is 14.6. The lowest BCUT2D eigenvalue weighted by Gasteiger charge is -2.34. The van der Waals surface area contributed by atoms with E-state index in [2.05, 4.69) is 0 Å². The number of hydrogen-bond donors (Lipinski definition) is 1. The fourth-order valence-electron chi connectivity index (χ4n) is 3.50. The molecule has 0 bridgehead atoms. The van der Waals surface area contributed by atoms with Crippen LogP contribution in [-0.4, -0.2) is 42.2 Å². The van der Waals surface area contributed by atoms with Gasteiger partial charge in [0.1, 0.15) is 5.75 Å². The molecule has 0 radical (unpaired) electrons. The molecule has 0 aliphatic carbocycles. The highest BCUT2D eigenvalue weighted by atomic mass is 16.5. The average molecular weight is 327 g/mol. The van der Waals surface area contributed by atoms with E-state index in [1.54, 1.807) is 7.11 Å². The third-order valence-electron chi connectivity index (χ3n) is 5.01. The molecule has 1 saturated heterocycles. The van der Waals surface area contributed by atoms with Crippen molar-refractivity contribution in [2.75, 3.05) is 20.2 Å². The van der Waals surface area contributed by atoms with Crippen molar-refractivity contribution in [3.8, 4) is 5.75 Å². The van der Waals surface area contributed by atoms with Gasteiger partial charge in [0, 0.05) is 19.0 Å². The monoisotopic (exact) mass is 327 g/mol. The lowest BCUT2D eigenvalue weighted by atomic mass is 9.93. The summed E-state index contributed by atoms with van der Waals surface area (Å²) < 4.78 is 5.32. The molecule has 0 aromatic heterocycles. The maximum absolute atomic E-state index is 12.7. The van der Waals surface area contributed by atoms with Crippen LogP contribution in [0.1, 0.15) is 25.3 Å². The zero-order valence-electron chi connectivity index (χ0n) is 14.4. The number of rotatable bonds is 4. The van der Waals surface area contributed by atoms with Crippen LogP contribution in [0.2, 0.25) is 0 Å². The van der Waals surface area contributed by atoms with Crippen LogP contribution in [-0.2, 0) is 11.2 Å². The van der Waals surface area contributed by atoms with Crippen molar-refractivity contribution >= 4 is 16.7 Å². The number of carbonyl (C=O) groups is 1. The number of ether oxygens (including phenoxy) is 1. The summed E-state index contributed by atoms with van der Waals surface area (Å²) in [5, 5.41) is 12.0. The van der Waals surface area contributed by atoms with E-state index in [0.29, 0.717) is 13.0 Å². The number of amides is 1. The topological polar surface area (TPSA) is 49.8 Å². The van der Waals surface area contributed by atoms with Crippen LogP contribution >= 0.6 is 0 Å². The number of aliphatic hydroxyl groups is 1. The fraction of sp³-hybridized carbons (Fsp3) is 0.450. The van der Waals surface area contributed by atoms with Gasteiger partial charge in [-0.25, -0.2) is 0 Å². The second-order valence-electron chi connectivity index (χ2n) is 6.66. The number of aliphatic hydroxyl groups excluding tert-OH is 1. The molecule has 24 heavy (non-hydrogen) atoms. The van der Waals surface area contributed by atoms with E-state index in [9.17, 15) is 9.90 Å². The molecule has 4 heteroatoms. The molecule has 1 amide bonds. The maximum atomic E-state index is 12.7. The summed E-state index contributed by atoms with van der Waals surface area (Å²) in [6.45, 7) is 3.26. The first-order valence-corrected chi connectivity index (χ1v) is 8.60. The number of benzene rings is 2. The Bertz CT molecular complexity index is 726. The van der Waals surface area contributed by atoms with E-state index < -0.39 is 0 Å². The molecular formula is C20H25NO3. The number of methoxy groups -OCH3 is 1. The number of piperidine rings is 1. The summed E-state index contributed by atoms with van der Waals surface area (Å²) in [7, 11) is 1.65. The Balaban J connectivity index is 1.80. The van der Waals surface area contributed by atoms with Crippen molar-refractivity contribution < 1.29 is 14.6 Å². The smallest absolute Gasteiger partial charge is 0.227 e. The van der Waals surface area contributed by atoms with Gasteiger partial charge < -0.3 is 14.7 Å². The van der Waals surface area contributed by atoms with E-state index in [4.69, 9.17) is 4.74 Å². The van der Waals surface area contributed by atoms with Crippen LogP contribution in [0.4, 0.5) is 0 Å². The molecule has 0 saturated carbocycles. The predicted octanol–water partition coefficient (Wildman–Crippen LogP) is 3.01. The highest BCUT2D eigenvalue weighted by molar-refractivity contribution is 5.91. The van der Waals surface area contributed by atoms with Crippen LogP contribution in [0.25, 0.3) is 10.8 Å². The van der Waals surface area contributed by atoms with Crippen molar-refractivity contribution in [3.63, 3.8) is 0 Å². The van der Waals surface area contributed by atoms with Crippen LogP contribution in [0.5, 0.6) is 5.75 Å². The molecule has 2 aromatic carbocycles. The number of hydrogen-bond acceptors (Lipinski definition) is 3. The Hall–Kier alpha value is -2.07. The third-order valence-corrected chi connectivity index (χ3v) is 5.01.